The summed E-state index contributed by atoms with van der Waals surface area (Å²) < 4.78 is 5.57. The van der Waals surface area contributed by atoms with E-state index in [1.54, 1.807) is 7.11 Å². The highest BCUT2D eigenvalue weighted by atomic mass is 32.1. The summed E-state index contributed by atoms with van der Waals surface area (Å²) in [4.78, 5) is 34.1. The van der Waals surface area contributed by atoms with Crippen LogP contribution in [0.1, 0.15) is 47.4 Å². The van der Waals surface area contributed by atoms with Crippen molar-refractivity contribution in [2.75, 3.05) is 50.1 Å². The van der Waals surface area contributed by atoms with Crippen molar-refractivity contribution >= 4 is 40.2 Å². The fourth-order valence-corrected chi connectivity index (χ4v) is 6.25. The summed E-state index contributed by atoms with van der Waals surface area (Å²) >= 11 is 1.46. The fourth-order valence-electron chi connectivity index (χ4n) is 5.43. The maximum absolute atomic E-state index is 13.6. The largest absolute Gasteiger partial charge is 0.507 e. The molecule has 8 heteroatoms. The van der Waals surface area contributed by atoms with Crippen molar-refractivity contribution in [1.29, 1.82) is 0 Å². The van der Waals surface area contributed by atoms with E-state index >= 15 is 0 Å². The quantitative estimate of drug-likeness (QED) is 0.248. The van der Waals surface area contributed by atoms with Crippen molar-refractivity contribution in [3.8, 4) is 5.75 Å². The van der Waals surface area contributed by atoms with E-state index in [0.717, 1.165) is 53.6 Å². The number of carbonyl (C=O) groups is 2. The van der Waals surface area contributed by atoms with Crippen LogP contribution < -0.4 is 14.5 Å². The Morgan fingerprint density at radius 3 is 2.28 bits per heavy atom. The van der Waals surface area contributed by atoms with Gasteiger partial charge < -0.3 is 19.6 Å². The van der Waals surface area contributed by atoms with Gasteiger partial charge in [0.25, 0.3) is 11.7 Å². The number of aryl methyl sites for hydroxylation is 1. The number of ether oxygens (including phenoxy) is 1. The molecular weight excluding hydrogens is 510 g/mol. The number of aliphatic hydroxyl groups is 1. The lowest BCUT2D eigenvalue weighted by Crippen LogP contribution is -2.44. The topological polar surface area (TPSA) is 73.3 Å². The third kappa shape index (κ3) is 4.94. The smallest absolute Gasteiger partial charge is 0.300 e. The molecule has 1 N–H and O–H groups in total. The zero-order valence-electron chi connectivity index (χ0n) is 23.1. The molecule has 3 aromatic rings. The summed E-state index contributed by atoms with van der Waals surface area (Å²) in [5, 5.41) is 13.6. The Bertz CT molecular complexity index is 1400. The van der Waals surface area contributed by atoms with Gasteiger partial charge in [-0.25, -0.2) is 0 Å². The number of amides is 1. The molecule has 0 saturated carbocycles. The first kappa shape index (κ1) is 27.0. The Balaban J connectivity index is 1.59. The number of piperazine rings is 1. The standard InChI is InChI=1S/C31H35N3O4S/c1-19(2)23-18-24(20(3)17-25(23)38-5)29(35)27-28(26-7-6-16-39-26)34(31(37)30(27)36)22-10-8-21(9-11-22)33-14-12-32(4)13-15-33/h6-11,16-19,28,35H,12-15H2,1-5H3/b29-27+. The second-order valence-corrected chi connectivity index (χ2v) is 11.5. The molecule has 0 radical (unpaired) electrons. The molecule has 0 spiro atoms. The van der Waals surface area contributed by atoms with E-state index in [1.807, 2.05) is 74.7 Å². The number of aliphatic hydroxyl groups excluding tert-OH is 1. The van der Waals surface area contributed by atoms with Gasteiger partial charge in [0.1, 0.15) is 17.6 Å². The van der Waals surface area contributed by atoms with Gasteiger partial charge in [0.2, 0.25) is 0 Å². The van der Waals surface area contributed by atoms with E-state index < -0.39 is 17.7 Å². The first-order valence-corrected chi connectivity index (χ1v) is 14.2. The molecule has 7 nitrogen and oxygen atoms in total. The Kier molecular flexibility index (Phi) is 7.51. The molecule has 0 aliphatic carbocycles. The van der Waals surface area contributed by atoms with Crippen molar-refractivity contribution in [1.82, 2.24) is 4.90 Å². The van der Waals surface area contributed by atoms with E-state index in [-0.39, 0.29) is 17.3 Å². The molecule has 204 valence electrons. The van der Waals surface area contributed by atoms with Gasteiger partial charge in [-0.3, -0.25) is 14.5 Å². The maximum atomic E-state index is 13.6. The fraction of sp³-hybridized carbons (Fsp3) is 0.355. The molecule has 2 fully saturated rings. The molecule has 5 rings (SSSR count). The van der Waals surface area contributed by atoms with Crippen molar-refractivity contribution in [3.05, 3.63) is 81.1 Å². The van der Waals surface area contributed by atoms with Gasteiger partial charge in [-0.05, 0) is 78.9 Å². The second kappa shape index (κ2) is 10.9. The normalized spacial score (nSPS) is 19.8. The van der Waals surface area contributed by atoms with Gasteiger partial charge in [-0.1, -0.05) is 19.9 Å². The van der Waals surface area contributed by atoms with E-state index in [2.05, 4.69) is 16.8 Å². The predicted molar refractivity (Wildman–Crippen MR) is 157 cm³/mol. The van der Waals surface area contributed by atoms with Gasteiger partial charge in [0.05, 0.1) is 12.7 Å². The summed E-state index contributed by atoms with van der Waals surface area (Å²) in [5.41, 5.74) is 4.04. The van der Waals surface area contributed by atoms with Gasteiger partial charge in [-0.15, -0.1) is 11.3 Å². The number of rotatable bonds is 6. The first-order chi connectivity index (χ1) is 18.7. The maximum Gasteiger partial charge on any atom is 0.300 e. The Morgan fingerprint density at radius 2 is 1.69 bits per heavy atom. The van der Waals surface area contributed by atoms with Crippen LogP contribution in [-0.4, -0.2) is 62.0 Å². The van der Waals surface area contributed by atoms with E-state index in [0.29, 0.717) is 11.3 Å². The van der Waals surface area contributed by atoms with Crippen LogP contribution in [0.5, 0.6) is 5.75 Å². The molecule has 0 bridgehead atoms. The monoisotopic (exact) mass is 545 g/mol. The minimum Gasteiger partial charge on any atom is -0.507 e. The SMILES string of the molecule is COc1cc(C)c(/C(O)=C2\C(=O)C(=O)N(c3ccc(N4CCN(C)CC4)cc3)C2c2cccs2)cc1C(C)C. The molecule has 2 aromatic carbocycles. The lowest BCUT2D eigenvalue weighted by Gasteiger charge is -2.34. The Morgan fingerprint density at radius 1 is 1.03 bits per heavy atom. The van der Waals surface area contributed by atoms with Crippen LogP contribution in [0.25, 0.3) is 5.76 Å². The lowest BCUT2D eigenvalue weighted by molar-refractivity contribution is -0.132. The molecule has 2 aliphatic rings. The predicted octanol–water partition coefficient (Wildman–Crippen LogP) is 5.57. The Hall–Kier alpha value is -3.62. The van der Waals surface area contributed by atoms with E-state index in [4.69, 9.17) is 4.74 Å². The average Bonchev–Trinajstić information content (AvgIpc) is 3.55. The summed E-state index contributed by atoms with van der Waals surface area (Å²) in [6, 6.07) is 14.6. The van der Waals surface area contributed by atoms with E-state index in [1.165, 1.54) is 16.2 Å². The number of likely N-dealkylation sites (N-methyl/N-ethyl adjacent to an activating group) is 1. The molecule has 39 heavy (non-hydrogen) atoms. The summed E-state index contributed by atoms with van der Waals surface area (Å²) in [6.07, 6.45) is 0. The molecular formula is C31H35N3O4S. The molecule has 3 heterocycles. The third-order valence-electron chi connectivity index (χ3n) is 7.71. The minimum absolute atomic E-state index is 0.105. The average molecular weight is 546 g/mol. The number of thiophene rings is 1. The van der Waals surface area contributed by atoms with Crippen LogP contribution in [0.4, 0.5) is 11.4 Å². The highest BCUT2D eigenvalue weighted by Crippen LogP contribution is 2.45. The first-order valence-electron chi connectivity index (χ1n) is 13.3. The number of hydrogen-bond donors (Lipinski definition) is 1. The highest BCUT2D eigenvalue weighted by molar-refractivity contribution is 7.10. The Labute approximate surface area is 233 Å². The minimum atomic E-state index is -0.719. The molecule has 1 unspecified atom stereocenters. The summed E-state index contributed by atoms with van der Waals surface area (Å²) in [7, 11) is 3.75. The summed E-state index contributed by atoms with van der Waals surface area (Å²) in [6.45, 7) is 9.84. The van der Waals surface area contributed by atoms with Crippen LogP contribution in [-0.2, 0) is 9.59 Å². The molecule has 1 atom stereocenters. The number of Topliss-reactive ketones (excluding diaryl/α,β-unsaturated/α-hetero) is 1. The van der Waals surface area contributed by atoms with Crippen molar-refractivity contribution in [3.63, 3.8) is 0 Å². The third-order valence-corrected chi connectivity index (χ3v) is 8.63. The number of ketones is 1. The molecule has 1 amide bonds. The van der Waals surface area contributed by atoms with Crippen molar-refractivity contribution in [2.24, 2.45) is 0 Å². The van der Waals surface area contributed by atoms with E-state index in [9.17, 15) is 14.7 Å². The van der Waals surface area contributed by atoms with Crippen LogP contribution in [0.15, 0.2) is 59.5 Å². The number of benzene rings is 2. The summed E-state index contributed by atoms with van der Waals surface area (Å²) in [5.74, 6) is -0.616. The van der Waals surface area contributed by atoms with Crippen LogP contribution in [0.3, 0.4) is 0 Å². The number of carbonyl (C=O) groups excluding carboxylic acids is 2. The van der Waals surface area contributed by atoms with Crippen molar-refractivity contribution in [2.45, 2.75) is 32.7 Å². The molecule has 1 aromatic heterocycles. The van der Waals surface area contributed by atoms with Gasteiger partial charge >= 0.3 is 0 Å². The number of nitrogens with zero attached hydrogens (tertiary/aromatic N) is 3. The zero-order valence-corrected chi connectivity index (χ0v) is 23.9. The van der Waals surface area contributed by atoms with Crippen LogP contribution >= 0.6 is 11.3 Å². The van der Waals surface area contributed by atoms with Gasteiger partial charge in [0, 0.05) is 48.0 Å². The van der Waals surface area contributed by atoms with Crippen molar-refractivity contribution < 1.29 is 19.4 Å². The number of anilines is 2. The number of methoxy groups -OCH3 is 1. The lowest BCUT2D eigenvalue weighted by atomic mass is 9.92. The second-order valence-electron chi connectivity index (χ2n) is 10.6. The molecule has 2 saturated heterocycles. The number of hydrogen-bond acceptors (Lipinski definition) is 7. The van der Waals surface area contributed by atoms with Gasteiger partial charge in [0.15, 0.2) is 0 Å². The highest BCUT2D eigenvalue weighted by Gasteiger charge is 2.47. The van der Waals surface area contributed by atoms with Crippen LogP contribution in [0.2, 0.25) is 0 Å². The van der Waals surface area contributed by atoms with Gasteiger partial charge in [-0.2, -0.15) is 0 Å². The molecule has 2 aliphatic heterocycles. The van der Waals surface area contributed by atoms with Crippen LogP contribution in [0, 0.1) is 6.92 Å². The zero-order chi connectivity index (χ0) is 27.8.